The van der Waals surface area contributed by atoms with Crippen LogP contribution in [0.1, 0.15) is 149 Å². The first-order valence-electron chi connectivity index (χ1n) is 14.5. The van der Waals surface area contributed by atoms with Crippen LogP contribution in [-0.4, -0.2) is 18.0 Å². The third-order valence-electron chi connectivity index (χ3n) is 6.09. The molecule has 0 fully saturated rings. The lowest BCUT2D eigenvalue weighted by Gasteiger charge is -2.15. The molecule has 0 aliphatic carbocycles. The van der Waals surface area contributed by atoms with Crippen LogP contribution in [0.2, 0.25) is 0 Å². The van der Waals surface area contributed by atoms with E-state index < -0.39 is 0 Å². The van der Waals surface area contributed by atoms with E-state index in [4.69, 9.17) is 0 Å². The molecule has 2 amide bonds. The van der Waals surface area contributed by atoms with Gasteiger partial charge in [-0.15, -0.1) is 0 Å². The lowest BCUT2D eigenvalue weighted by atomic mass is 10.1. The highest BCUT2D eigenvalue weighted by Crippen LogP contribution is 2.09. The van der Waals surface area contributed by atoms with Crippen molar-refractivity contribution in [2.75, 3.05) is 0 Å². The SMILES string of the molecule is CCCCCCCCC=CCCCC(=O)NC(C)NC(=O)CCCC=CCCCCCCCC. The van der Waals surface area contributed by atoms with Crippen LogP contribution in [0, 0.1) is 0 Å². The maximum atomic E-state index is 12.1. The molecule has 0 unspecified atom stereocenters. The molecule has 4 heteroatoms. The van der Waals surface area contributed by atoms with Crippen LogP contribution in [-0.2, 0) is 9.59 Å². The maximum Gasteiger partial charge on any atom is 0.221 e. The molecule has 0 aromatic carbocycles. The zero-order chi connectivity index (χ0) is 25.1. The molecule has 0 aliphatic rings. The predicted octanol–water partition coefficient (Wildman–Crippen LogP) is 8.52. The van der Waals surface area contributed by atoms with Gasteiger partial charge in [0.05, 0.1) is 6.17 Å². The van der Waals surface area contributed by atoms with E-state index in [2.05, 4.69) is 48.8 Å². The van der Waals surface area contributed by atoms with Gasteiger partial charge in [-0.25, -0.2) is 0 Å². The monoisotopic (exact) mass is 476 g/mol. The molecule has 0 spiro atoms. The van der Waals surface area contributed by atoms with Crippen LogP contribution < -0.4 is 10.6 Å². The van der Waals surface area contributed by atoms with E-state index in [9.17, 15) is 9.59 Å². The van der Waals surface area contributed by atoms with E-state index in [-0.39, 0.29) is 18.0 Å². The molecule has 0 aromatic heterocycles. The second-order valence-corrected chi connectivity index (χ2v) is 9.70. The summed E-state index contributed by atoms with van der Waals surface area (Å²) in [4.78, 5) is 24.1. The lowest BCUT2D eigenvalue weighted by molar-refractivity contribution is -0.124. The summed E-state index contributed by atoms with van der Waals surface area (Å²) in [5.41, 5.74) is 0. The number of carbonyl (C=O) groups excluding carboxylic acids is 2. The molecule has 0 heterocycles. The molecule has 0 rings (SSSR count). The predicted molar refractivity (Wildman–Crippen MR) is 148 cm³/mol. The summed E-state index contributed by atoms with van der Waals surface area (Å²) >= 11 is 0. The fourth-order valence-electron chi connectivity index (χ4n) is 3.98. The van der Waals surface area contributed by atoms with Gasteiger partial charge in [-0.05, 0) is 58.3 Å². The summed E-state index contributed by atoms with van der Waals surface area (Å²) in [7, 11) is 0. The molecule has 2 N–H and O–H groups in total. The first kappa shape index (κ1) is 32.4. The van der Waals surface area contributed by atoms with Crippen molar-refractivity contribution in [3.05, 3.63) is 24.3 Å². The van der Waals surface area contributed by atoms with Gasteiger partial charge in [-0.2, -0.15) is 0 Å². The molecule has 0 aliphatic heterocycles. The standard InChI is InChI=1S/C30H56N2O2/c1-4-6-8-10-12-14-16-18-20-22-24-26-29(33)31-28(3)32-30(34)27-25-23-21-19-17-15-13-11-9-7-5-2/h18-21,28H,4-17,22-27H2,1-3H3,(H,31,33)(H,32,34). The fourth-order valence-corrected chi connectivity index (χ4v) is 3.98. The maximum absolute atomic E-state index is 12.1. The van der Waals surface area contributed by atoms with Crippen LogP contribution in [0.4, 0.5) is 0 Å². The summed E-state index contributed by atoms with van der Waals surface area (Å²) in [6.45, 7) is 6.33. The molecule has 0 aromatic rings. The average molecular weight is 477 g/mol. The van der Waals surface area contributed by atoms with E-state index in [1.165, 1.54) is 77.0 Å². The van der Waals surface area contributed by atoms with E-state index in [0.29, 0.717) is 12.8 Å². The van der Waals surface area contributed by atoms with E-state index >= 15 is 0 Å². The van der Waals surface area contributed by atoms with Crippen molar-refractivity contribution < 1.29 is 9.59 Å². The first-order valence-corrected chi connectivity index (χ1v) is 14.5. The molecule has 0 atom stereocenters. The van der Waals surface area contributed by atoms with Crippen LogP contribution >= 0.6 is 0 Å². The highest BCUT2D eigenvalue weighted by atomic mass is 16.2. The molecule has 4 nitrogen and oxygen atoms in total. The molecule has 0 bridgehead atoms. The Morgan fingerprint density at radius 2 is 0.853 bits per heavy atom. The molecule has 0 saturated carbocycles. The first-order chi connectivity index (χ1) is 16.6. The molecular weight excluding hydrogens is 420 g/mol. The van der Waals surface area contributed by atoms with E-state index in [1.807, 2.05) is 6.92 Å². The zero-order valence-electron chi connectivity index (χ0n) is 22.8. The molecule has 34 heavy (non-hydrogen) atoms. The van der Waals surface area contributed by atoms with Crippen molar-refractivity contribution in [1.29, 1.82) is 0 Å². The van der Waals surface area contributed by atoms with Crippen LogP contribution in [0.5, 0.6) is 0 Å². The topological polar surface area (TPSA) is 58.2 Å². The fraction of sp³-hybridized carbons (Fsp3) is 0.800. The number of unbranched alkanes of at least 4 members (excludes halogenated alkanes) is 14. The Bertz CT molecular complexity index is 482. The van der Waals surface area contributed by atoms with Crippen LogP contribution in [0.15, 0.2) is 24.3 Å². The third kappa shape index (κ3) is 25.1. The van der Waals surface area contributed by atoms with Crippen LogP contribution in [0.3, 0.4) is 0 Å². The number of nitrogens with one attached hydrogen (secondary N) is 2. The molecule has 198 valence electrons. The Morgan fingerprint density at radius 3 is 1.24 bits per heavy atom. The van der Waals surface area contributed by atoms with Crippen molar-refractivity contribution >= 4 is 11.8 Å². The van der Waals surface area contributed by atoms with Gasteiger partial charge in [0.1, 0.15) is 0 Å². The minimum absolute atomic E-state index is 0.00903. The van der Waals surface area contributed by atoms with Crippen molar-refractivity contribution in [1.82, 2.24) is 10.6 Å². The number of carbonyl (C=O) groups is 2. The lowest BCUT2D eigenvalue weighted by Crippen LogP contribution is -2.45. The van der Waals surface area contributed by atoms with Crippen molar-refractivity contribution in [2.45, 2.75) is 155 Å². The zero-order valence-corrected chi connectivity index (χ0v) is 22.8. The van der Waals surface area contributed by atoms with Crippen LogP contribution in [0.25, 0.3) is 0 Å². The summed E-state index contributed by atoms with van der Waals surface area (Å²) in [5, 5.41) is 5.76. The third-order valence-corrected chi connectivity index (χ3v) is 6.09. The Kier molecular flexibility index (Phi) is 24.8. The summed E-state index contributed by atoms with van der Waals surface area (Å²) in [6.07, 6.45) is 31.4. The second-order valence-electron chi connectivity index (χ2n) is 9.70. The van der Waals surface area contributed by atoms with Gasteiger partial charge < -0.3 is 10.6 Å². The molecule has 0 saturated heterocycles. The van der Waals surface area contributed by atoms with Crippen molar-refractivity contribution in [3.8, 4) is 0 Å². The number of allylic oxidation sites excluding steroid dienone is 4. The number of hydrogen-bond acceptors (Lipinski definition) is 2. The molecular formula is C30H56N2O2. The Morgan fingerprint density at radius 1 is 0.529 bits per heavy atom. The second kappa shape index (κ2) is 26.0. The average Bonchev–Trinajstić information content (AvgIpc) is 2.80. The minimum Gasteiger partial charge on any atom is -0.336 e. The smallest absolute Gasteiger partial charge is 0.221 e. The Balaban J connectivity index is 3.58. The van der Waals surface area contributed by atoms with Gasteiger partial charge in [0.2, 0.25) is 11.8 Å². The number of hydrogen-bond donors (Lipinski definition) is 2. The largest absolute Gasteiger partial charge is 0.336 e. The van der Waals surface area contributed by atoms with Crippen molar-refractivity contribution in [2.24, 2.45) is 0 Å². The number of rotatable bonds is 24. The molecule has 0 radical (unpaired) electrons. The van der Waals surface area contributed by atoms with Crippen molar-refractivity contribution in [3.63, 3.8) is 0 Å². The highest BCUT2D eigenvalue weighted by molar-refractivity contribution is 5.79. The minimum atomic E-state index is -0.313. The highest BCUT2D eigenvalue weighted by Gasteiger charge is 2.09. The quantitative estimate of drug-likeness (QED) is 0.0833. The Hall–Kier alpha value is -1.58. The number of amides is 2. The Labute approximate surface area is 211 Å². The van der Waals surface area contributed by atoms with Gasteiger partial charge in [0.25, 0.3) is 0 Å². The van der Waals surface area contributed by atoms with E-state index in [0.717, 1.165) is 38.5 Å². The van der Waals surface area contributed by atoms with Gasteiger partial charge in [0.15, 0.2) is 0 Å². The summed E-state index contributed by atoms with van der Waals surface area (Å²) in [5.74, 6) is 0.0181. The van der Waals surface area contributed by atoms with Gasteiger partial charge in [0, 0.05) is 12.8 Å². The summed E-state index contributed by atoms with van der Waals surface area (Å²) < 4.78 is 0. The van der Waals surface area contributed by atoms with E-state index in [1.54, 1.807) is 0 Å². The van der Waals surface area contributed by atoms with Gasteiger partial charge in [-0.3, -0.25) is 9.59 Å². The normalized spacial score (nSPS) is 12.4. The van der Waals surface area contributed by atoms with Gasteiger partial charge >= 0.3 is 0 Å². The van der Waals surface area contributed by atoms with Gasteiger partial charge in [-0.1, -0.05) is 102 Å². The summed E-state index contributed by atoms with van der Waals surface area (Å²) in [6, 6.07) is 0.